The van der Waals surface area contributed by atoms with E-state index in [4.69, 9.17) is 23.2 Å². The summed E-state index contributed by atoms with van der Waals surface area (Å²) >= 11 is 13.3. The molecule has 21 heavy (non-hydrogen) atoms. The molecule has 1 aromatic heterocycles. The zero-order valence-corrected chi connectivity index (χ0v) is 14.1. The molecule has 0 aliphatic carbocycles. The summed E-state index contributed by atoms with van der Waals surface area (Å²) in [7, 11) is -2.36. The second-order valence-electron chi connectivity index (χ2n) is 4.24. The normalized spacial score (nSPS) is 12.0. The van der Waals surface area contributed by atoms with Crippen LogP contribution in [0.4, 0.5) is 0 Å². The monoisotopic (exact) mass is 366 g/mol. The quantitative estimate of drug-likeness (QED) is 0.882. The minimum atomic E-state index is -3.80. The first-order chi connectivity index (χ1) is 9.87. The molecule has 0 radical (unpaired) electrons. The van der Waals surface area contributed by atoms with Crippen molar-refractivity contribution < 1.29 is 13.5 Å². The number of aromatic nitrogens is 1. The highest BCUT2D eigenvalue weighted by atomic mass is 35.5. The Balaban J connectivity index is 2.40. The first-order valence-electron chi connectivity index (χ1n) is 5.79. The smallest absolute Gasteiger partial charge is 0.244 e. The first-order valence-corrected chi connectivity index (χ1v) is 8.93. The van der Waals surface area contributed by atoms with Gasteiger partial charge in [0.15, 0.2) is 0 Å². The fourth-order valence-corrected chi connectivity index (χ4v) is 4.28. The average Bonchev–Trinajstić information content (AvgIpc) is 2.91. The molecule has 0 fully saturated rings. The summed E-state index contributed by atoms with van der Waals surface area (Å²) in [6.45, 7) is -0.296. The number of sulfonamides is 1. The number of aliphatic hydroxyl groups is 1. The van der Waals surface area contributed by atoms with E-state index in [1.54, 1.807) is 10.9 Å². The van der Waals surface area contributed by atoms with Gasteiger partial charge >= 0.3 is 0 Å². The number of thiazole rings is 1. The number of rotatable bonds is 5. The topological polar surface area (TPSA) is 70.5 Å². The number of halogens is 2. The second-order valence-corrected chi connectivity index (χ2v) is 7.75. The number of hydrogen-bond acceptors (Lipinski definition) is 5. The van der Waals surface area contributed by atoms with E-state index < -0.39 is 16.6 Å². The van der Waals surface area contributed by atoms with Crippen molar-refractivity contribution in [3.8, 4) is 0 Å². The van der Waals surface area contributed by atoms with E-state index in [-0.39, 0.29) is 27.0 Å². The zero-order chi connectivity index (χ0) is 15.6. The van der Waals surface area contributed by atoms with Gasteiger partial charge in [-0.25, -0.2) is 13.4 Å². The second kappa shape index (κ2) is 6.60. The minimum absolute atomic E-state index is 0.0601. The molecule has 0 bridgehead atoms. The molecule has 0 amide bonds. The summed E-state index contributed by atoms with van der Waals surface area (Å²) < 4.78 is 26.3. The van der Waals surface area contributed by atoms with Gasteiger partial charge in [-0.15, -0.1) is 11.3 Å². The van der Waals surface area contributed by atoms with Crippen LogP contribution in [0.15, 0.2) is 27.9 Å². The molecule has 5 nitrogen and oxygen atoms in total. The number of aliphatic hydroxyl groups excluding tert-OH is 1. The first kappa shape index (κ1) is 16.7. The van der Waals surface area contributed by atoms with Gasteiger partial charge in [0.25, 0.3) is 0 Å². The SMILES string of the molecule is CN(Cc1cscn1)S(=O)(=O)c1ccc(Cl)c(CO)c1Cl. The molecule has 0 atom stereocenters. The summed E-state index contributed by atoms with van der Waals surface area (Å²) in [5.41, 5.74) is 2.48. The van der Waals surface area contributed by atoms with Crippen molar-refractivity contribution in [2.75, 3.05) is 7.05 Å². The molecule has 0 saturated heterocycles. The maximum absolute atomic E-state index is 12.6. The van der Waals surface area contributed by atoms with Crippen LogP contribution in [0.25, 0.3) is 0 Å². The van der Waals surface area contributed by atoms with Crippen LogP contribution >= 0.6 is 34.5 Å². The summed E-state index contributed by atoms with van der Waals surface area (Å²) in [6.07, 6.45) is 0. The number of nitrogens with zero attached hydrogens (tertiary/aromatic N) is 2. The lowest BCUT2D eigenvalue weighted by molar-refractivity contribution is 0.281. The third-order valence-electron chi connectivity index (χ3n) is 2.87. The molecular formula is C12H12Cl2N2O3S2. The highest BCUT2D eigenvalue weighted by Crippen LogP contribution is 2.32. The van der Waals surface area contributed by atoms with Crippen LogP contribution in [0.2, 0.25) is 10.0 Å². The van der Waals surface area contributed by atoms with E-state index in [0.717, 1.165) is 4.31 Å². The molecule has 114 valence electrons. The molecule has 0 aliphatic rings. The lowest BCUT2D eigenvalue weighted by Crippen LogP contribution is -2.27. The van der Waals surface area contributed by atoms with Crippen LogP contribution in [0.3, 0.4) is 0 Å². The maximum atomic E-state index is 12.6. The Bertz CT molecular complexity index is 733. The number of hydrogen-bond donors (Lipinski definition) is 1. The van der Waals surface area contributed by atoms with Gasteiger partial charge in [0.1, 0.15) is 4.90 Å². The van der Waals surface area contributed by atoms with Gasteiger partial charge in [0, 0.05) is 23.0 Å². The van der Waals surface area contributed by atoms with Crippen molar-refractivity contribution in [1.82, 2.24) is 9.29 Å². The summed E-state index contributed by atoms with van der Waals surface area (Å²) in [6, 6.07) is 2.74. The summed E-state index contributed by atoms with van der Waals surface area (Å²) in [5, 5.41) is 11.2. The zero-order valence-electron chi connectivity index (χ0n) is 11.0. The Morgan fingerprint density at radius 3 is 2.67 bits per heavy atom. The van der Waals surface area contributed by atoms with Crippen molar-refractivity contribution in [2.24, 2.45) is 0 Å². The van der Waals surface area contributed by atoms with Gasteiger partial charge in [0.05, 0.1) is 29.4 Å². The van der Waals surface area contributed by atoms with Crippen molar-refractivity contribution in [1.29, 1.82) is 0 Å². The maximum Gasteiger partial charge on any atom is 0.244 e. The van der Waals surface area contributed by atoms with Crippen molar-refractivity contribution in [2.45, 2.75) is 18.0 Å². The average molecular weight is 367 g/mol. The Hall–Kier alpha value is -0.700. The molecule has 1 N–H and O–H groups in total. The van der Waals surface area contributed by atoms with Gasteiger partial charge in [-0.3, -0.25) is 0 Å². The van der Waals surface area contributed by atoms with E-state index in [9.17, 15) is 13.5 Å². The Morgan fingerprint density at radius 2 is 2.10 bits per heavy atom. The molecule has 0 unspecified atom stereocenters. The molecule has 9 heteroatoms. The largest absolute Gasteiger partial charge is 0.392 e. The van der Waals surface area contributed by atoms with Crippen LogP contribution in [0.5, 0.6) is 0 Å². The lowest BCUT2D eigenvalue weighted by Gasteiger charge is -2.18. The summed E-state index contributed by atoms with van der Waals surface area (Å²) in [4.78, 5) is 3.96. The summed E-state index contributed by atoms with van der Waals surface area (Å²) in [5.74, 6) is 0. The fourth-order valence-electron chi connectivity index (χ4n) is 1.72. The van der Waals surface area contributed by atoms with Gasteiger partial charge in [-0.2, -0.15) is 4.31 Å². The molecule has 0 aliphatic heterocycles. The van der Waals surface area contributed by atoms with Crippen molar-refractivity contribution in [3.63, 3.8) is 0 Å². The van der Waals surface area contributed by atoms with Gasteiger partial charge in [-0.1, -0.05) is 23.2 Å². The molecule has 0 saturated carbocycles. The molecular weight excluding hydrogens is 355 g/mol. The fraction of sp³-hybridized carbons (Fsp3) is 0.250. The predicted molar refractivity (Wildman–Crippen MR) is 83.2 cm³/mol. The van der Waals surface area contributed by atoms with Crippen molar-refractivity contribution in [3.05, 3.63) is 44.3 Å². The van der Waals surface area contributed by atoms with E-state index in [2.05, 4.69) is 4.98 Å². The lowest BCUT2D eigenvalue weighted by atomic mass is 10.2. The Labute approximate surface area is 136 Å². The predicted octanol–water partition coefficient (Wildman–Crippen LogP) is 2.76. The number of benzene rings is 1. The van der Waals surface area contributed by atoms with Gasteiger partial charge in [0.2, 0.25) is 10.0 Å². The highest BCUT2D eigenvalue weighted by molar-refractivity contribution is 7.89. The van der Waals surface area contributed by atoms with Crippen LogP contribution in [0.1, 0.15) is 11.3 Å². The molecule has 0 spiro atoms. The van der Waals surface area contributed by atoms with Gasteiger partial charge in [-0.05, 0) is 12.1 Å². The highest BCUT2D eigenvalue weighted by Gasteiger charge is 2.26. The molecule has 1 heterocycles. The van der Waals surface area contributed by atoms with E-state index in [0.29, 0.717) is 5.69 Å². The van der Waals surface area contributed by atoms with E-state index >= 15 is 0 Å². The van der Waals surface area contributed by atoms with E-state index in [1.807, 2.05) is 0 Å². The Kier molecular flexibility index (Phi) is 5.24. The molecule has 2 rings (SSSR count). The molecule has 1 aromatic carbocycles. The standard InChI is InChI=1S/C12H12Cl2N2O3S2/c1-16(4-8-6-20-7-15-8)21(18,19)11-3-2-10(13)9(5-17)12(11)14/h2-3,6-7,17H,4-5H2,1H3. The Morgan fingerprint density at radius 1 is 1.38 bits per heavy atom. The molecule has 2 aromatic rings. The van der Waals surface area contributed by atoms with Crippen LogP contribution in [-0.2, 0) is 23.2 Å². The van der Waals surface area contributed by atoms with Crippen LogP contribution in [-0.4, -0.2) is 29.9 Å². The van der Waals surface area contributed by atoms with Gasteiger partial charge < -0.3 is 5.11 Å². The van der Waals surface area contributed by atoms with Crippen LogP contribution in [0, 0.1) is 0 Å². The van der Waals surface area contributed by atoms with Crippen molar-refractivity contribution >= 4 is 44.6 Å². The van der Waals surface area contributed by atoms with E-state index in [1.165, 1.54) is 30.5 Å². The van der Waals surface area contributed by atoms with Crippen LogP contribution < -0.4 is 0 Å². The third kappa shape index (κ3) is 3.39. The minimum Gasteiger partial charge on any atom is -0.392 e. The third-order valence-corrected chi connectivity index (χ3v) is 6.24.